The lowest BCUT2D eigenvalue weighted by atomic mass is 9.87. The quantitative estimate of drug-likeness (QED) is 0.853. The first-order chi connectivity index (χ1) is 11.0. The van der Waals surface area contributed by atoms with Gasteiger partial charge in [0.25, 0.3) is 0 Å². The second-order valence-corrected chi connectivity index (χ2v) is 7.62. The topological polar surface area (TPSA) is 54.4 Å². The molecule has 0 amide bonds. The Balaban J connectivity index is 1.71. The summed E-state index contributed by atoms with van der Waals surface area (Å²) < 4.78 is 5.25. The highest BCUT2D eigenvalue weighted by Crippen LogP contribution is 2.33. The predicted molar refractivity (Wildman–Crippen MR) is 93.8 cm³/mol. The highest BCUT2D eigenvalue weighted by Gasteiger charge is 2.38. The molecule has 1 aromatic heterocycles. The predicted octanol–water partition coefficient (Wildman–Crippen LogP) is 3.09. The number of aliphatic hydroxyl groups excluding tert-OH is 1. The number of aliphatic hydroxyl groups is 1. The van der Waals surface area contributed by atoms with Gasteiger partial charge in [-0.15, -0.1) is 11.3 Å². The number of thiazole rings is 1. The van der Waals surface area contributed by atoms with E-state index in [1.165, 1.54) is 16.0 Å². The lowest BCUT2D eigenvalue weighted by Crippen LogP contribution is -2.52. The summed E-state index contributed by atoms with van der Waals surface area (Å²) in [6.07, 6.45) is 0. The van der Waals surface area contributed by atoms with Crippen LogP contribution in [0.5, 0.6) is 0 Å². The van der Waals surface area contributed by atoms with Crippen LogP contribution in [0.2, 0.25) is 0 Å². The summed E-state index contributed by atoms with van der Waals surface area (Å²) in [7, 11) is 0. The van der Waals surface area contributed by atoms with Crippen molar-refractivity contribution in [3.05, 3.63) is 40.4 Å². The Labute approximate surface area is 141 Å². The van der Waals surface area contributed by atoms with Gasteiger partial charge >= 0.3 is 0 Å². The molecule has 1 aromatic carbocycles. The number of aryl methyl sites for hydroxylation is 2. The Bertz CT molecular complexity index is 657. The largest absolute Gasteiger partial charge is 0.396 e. The second kappa shape index (κ2) is 6.69. The van der Waals surface area contributed by atoms with E-state index in [2.05, 4.69) is 50.4 Å². The van der Waals surface area contributed by atoms with E-state index in [1.54, 1.807) is 11.3 Å². The minimum Gasteiger partial charge on any atom is -0.396 e. The Morgan fingerprint density at radius 1 is 1.30 bits per heavy atom. The number of aromatic nitrogens is 1. The first-order valence-corrected chi connectivity index (χ1v) is 8.81. The van der Waals surface area contributed by atoms with Crippen LogP contribution in [-0.2, 0) is 4.74 Å². The van der Waals surface area contributed by atoms with E-state index in [-0.39, 0.29) is 18.1 Å². The summed E-state index contributed by atoms with van der Waals surface area (Å²) in [5.41, 5.74) is 3.40. The van der Waals surface area contributed by atoms with Crippen LogP contribution in [0, 0.1) is 19.3 Å². The lowest BCUT2D eigenvalue weighted by Gasteiger charge is -2.40. The van der Waals surface area contributed by atoms with Crippen molar-refractivity contribution in [3.63, 3.8) is 0 Å². The molecule has 1 saturated heterocycles. The van der Waals surface area contributed by atoms with Crippen molar-refractivity contribution in [1.82, 2.24) is 10.3 Å². The zero-order valence-corrected chi connectivity index (χ0v) is 14.7. The summed E-state index contributed by atoms with van der Waals surface area (Å²) in [6.45, 7) is 8.53. The molecule has 1 aliphatic rings. The Hall–Kier alpha value is -1.27. The fourth-order valence-electron chi connectivity index (χ4n) is 2.73. The minimum atomic E-state index is -0.105. The maximum absolute atomic E-state index is 9.52. The molecular formula is C18H24N2O2S. The van der Waals surface area contributed by atoms with Gasteiger partial charge in [0.05, 0.1) is 30.9 Å². The molecule has 0 aliphatic carbocycles. The number of benzene rings is 1. The normalized spacial score (nSPS) is 17.7. The van der Waals surface area contributed by atoms with Gasteiger partial charge in [0, 0.05) is 23.0 Å². The molecule has 0 bridgehead atoms. The van der Waals surface area contributed by atoms with Gasteiger partial charge in [-0.05, 0) is 20.8 Å². The summed E-state index contributed by atoms with van der Waals surface area (Å²) in [5, 5.41) is 14.1. The minimum absolute atomic E-state index is 0.105. The van der Waals surface area contributed by atoms with Crippen molar-refractivity contribution in [2.45, 2.75) is 26.8 Å². The average molecular weight is 332 g/mol. The van der Waals surface area contributed by atoms with Crippen LogP contribution >= 0.6 is 11.3 Å². The third-order valence-electron chi connectivity index (χ3n) is 4.46. The molecule has 3 rings (SSSR count). The van der Waals surface area contributed by atoms with E-state index < -0.39 is 0 Å². The number of hydrogen-bond donors (Lipinski definition) is 2. The Kier molecular flexibility index (Phi) is 4.82. The van der Waals surface area contributed by atoms with Crippen molar-refractivity contribution < 1.29 is 9.84 Å². The van der Waals surface area contributed by atoms with Crippen LogP contribution in [0.4, 0.5) is 0 Å². The van der Waals surface area contributed by atoms with Crippen LogP contribution in [-0.4, -0.2) is 36.5 Å². The third-order valence-corrected chi connectivity index (χ3v) is 5.85. The molecule has 124 valence electrons. The zero-order valence-electron chi connectivity index (χ0n) is 13.9. The molecule has 1 unspecified atom stereocenters. The van der Waals surface area contributed by atoms with Gasteiger partial charge in [-0.1, -0.05) is 29.8 Å². The molecule has 2 N–H and O–H groups in total. The van der Waals surface area contributed by atoms with Crippen molar-refractivity contribution in [2.24, 2.45) is 5.41 Å². The molecule has 1 aliphatic heterocycles. The van der Waals surface area contributed by atoms with Gasteiger partial charge in [-0.25, -0.2) is 4.98 Å². The summed E-state index contributed by atoms with van der Waals surface area (Å²) in [5.74, 6) is 0. The number of ether oxygens (including phenoxy) is 1. The molecule has 5 heteroatoms. The van der Waals surface area contributed by atoms with E-state index in [0.29, 0.717) is 13.2 Å². The van der Waals surface area contributed by atoms with Crippen LogP contribution in [0.1, 0.15) is 29.1 Å². The number of hydrogen-bond acceptors (Lipinski definition) is 5. The SMILES string of the molecule is Cc1ccc(-c2nc(C)c(C(C)NCC3(CO)COC3)s2)cc1. The highest BCUT2D eigenvalue weighted by atomic mass is 32.1. The van der Waals surface area contributed by atoms with Gasteiger partial charge in [0.2, 0.25) is 0 Å². The Morgan fingerprint density at radius 3 is 2.57 bits per heavy atom. The zero-order chi connectivity index (χ0) is 16.4. The van der Waals surface area contributed by atoms with E-state index >= 15 is 0 Å². The molecule has 2 aromatic rings. The van der Waals surface area contributed by atoms with Crippen LogP contribution in [0.25, 0.3) is 10.6 Å². The molecule has 0 spiro atoms. The number of nitrogens with one attached hydrogen (secondary N) is 1. The van der Waals surface area contributed by atoms with Crippen LogP contribution in [0.3, 0.4) is 0 Å². The second-order valence-electron chi connectivity index (χ2n) is 6.59. The van der Waals surface area contributed by atoms with E-state index in [0.717, 1.165) is 17.2 Å². The highest BCUT2D eigenvalue weighted by molar-refractivity contribution is 7.15. The fourth-order valence-corrected chi connectivity index (χ4v) is 3.83. The lowest BCUT2D eigenvalue weighted by molar-refractivity contribution is -0.135. The molecule has 0 saturated carbocycles. The van der Waals surface area contributed by atoms with E-state index in [9.17, 15) is 5.11 Å². The monoisotopic (exact) mass is 332 g/mol. The first kappa shape index (κ1) is 16.6. The molecule has 23 heavy (non-hydrogen) atoms. The molecule has 0 radical (unpaired) electrons. The van der Waals surface area contributed by atoms with Crippen molar-refractivity contribution in [3.8, 4) is 10.6 Å². The van der Waals surface area contributed by atoms with Crippen LogP contribution in [0.15, 0.2) is 24.3 Å². The first-order valence-electron chi connectivity index (χ1n) is 7.99. The average Bonchev–Trinajstić information content (AvgIpc) is 2.89. The van der Waals surface area contributed by atoms with Gasteiger partial charge < -0.3 is 15.2 Å². The maximum Gasteiger partial charge on any atom is 0.123 e. The number of nitrogens with zero attached hydrogens (tertiary/aromatic N) is 1. The molecule has 1 atom stereocenters. The molecular weight excluding hydrogens is 308 g/mol. The van der Waals surface area contributed by atoms with E-state index in [1.807, 2.05) is 0 Å². The van der Waals surface area contributed by atoms with E-state index in [4.69, 9.17) is 9.72 Å². The van der Waals surface area contributed by atoms with Gasteiger partial charge in [0.1, 0.15) is 5.01 Å². The van der Waals surface area contributed by atoms with Crippen molar-refractivity contribution in [2.75, 3.05) is 26.4 Å². The maximum atomic E-state index is 9.52. The number of rotatable bonds is 6. The molecule has 4 nitrogen and oxygen atoms in total. The molecule has 2 heterocycles. The standard InChI is InChI=1S/C18H24N2O2S/c1-12-4-6-15(7-5-12)17-20-14(3)16(23-17)13(2)19-8-18(9-21)10-22-11-18/h4-7,13,19,21H,8-11H2,1-3H3. The summed E-state index contributed by atoms with van der Waals surface area (Å²) in [6, 6.07) is 8.71. The Morgan fingerprint density at radius 2 is 2.00 bits per heavy atom. The smallest absolute Gasteiger partial charge is 0.123 e. The van der Waals surface area contributed by atoms with Crippen molar-refractivity contribution >= 4 is 11.3 Å². The van der Waals surface area contributed by atoms with Crippen LogP contribution < -0.4 is 5.32 Å². The fraction of sp³-hybridized carbons (Fsp3) is 0.500. The van der Waals surface area contributed by atoms with Gasteiger partial charge in [-0.3, -0.25) is 0 Å². The summed E-state index contributed by atoms with van der Waals surface area (Å²) in [4.78, 5) is 5.99. The van der Waals surface area contributed by atoms with Gasteiger partial charge in [0.15, 0.2) is 0 Å². The third kappa shape index (κ3) is 3.48. The van der Waals surface area contributed by atoms with Gasteiger partial charge in [-0.2, -0.15) is 0 Å². The molecule has 1 fully saturated rings. The summed E-state index contributed by atoms with van der Waals surface area (Å²) >= 11 is 1.74. The van der Waals surface area contributed by atoms with Crippen molar-refractivity contribution in [1.29, 1.82) is 0 Å².